The van der Waals surface area contributed by atoms with E-state index in [9.17, 15) is 4.79 Å². The second-order valence-corrected chi connectivity index (χ2v) is 7.70. The van der Waals surface area contributed by atoms with Crippen molar-refractivity contribution in [2.24, 2.45) is 4.99 Å². The van der Waals surface area contributed by atoms with Crippen molar-refractivity contribution in [1.82, 2.24) is 20.1 Å². The molecule has 0 spiro atoms. The zero-order valence-electron chi connectivity index (χ0n) is 16.1. The topological polar surface area (TPSA) is 74.0 Å². The summed E-state index contributed by atoms with van der Waals surface area (Å²) in [5.41, 5.74) is 1.13. The Morgan fingerprint density at radius 1 is 1.33 bits per heavy atom. The molecule has 0 radical (unpaired) electrons. The normalized spacial score (nSPS) is 15.5. The van der Waals surface area contributed by atoms with E-state index in [1.54, 1.807) is 30.5 Å². The van der Waals surface area contributed by atoms with E-state index in [-0.39, 0.29) is 5.91 Å². The number of carbonyl (C=O) groups excluding carboxylic acids is 1. The maximum Gasteiger partial charge on any atom is 0.289 e. The number of carbonyl (C=O) groups is 1. The van der Waals surface area contributed by atoms with Crippen molar-refractivity contribution in [3.8, 4) is 0 Å². The van der Waals surface area contributed by atoms with Gasteiger partial charge < -0.3 is 19.5 Å². The highest BCUT2D eigenvalue weighted by atomic mass is 32.1. The molecule has 1 fully saturated rings. The molecule has 0 saturated carbocycles. The predicted octanol–water partition coefficient (Wildman–Crippen LogP) is 2.44. The quantitative estimate of drug-likeness (QED) is 0.628. The summed E-state index contributed by atoms with van der Waals surface area (Å²) in [6.07, 6.45) is 2.40. The summed E-state index contributed by atoms with van der Waals surface area (Å²) in [4.78, 5) is 25.4. The third-order valence-electron chi connectivity index (χ3n) is 4.54. The van der Waals surface area contributed by atoms with Gasteiger partial charge in [-0.25, -0.2) is 4.98 Å². The summed E-state index contributed by atoms with van der Waals surface area (Å²) in [7, 11) is 1.79. The first-order valence-electron chi connectivity index (χ1n) is 9.31. The van der Waals surface area contributed by atoms with Crippen molar-refractivity contribution in [2.75, 3.05) is 39.8 Å². The van der Waals surface area contributed by atoms with Crippen LogP contribution in [-0.2, 0) is 6.42 Å². The van der Waals surface area contributed by atoms with E-state index in [0.29, 0.717) is 24.8 Å². The smallest absolute Gasteiger partial charge is 0.289 e. The van der Waals surface area contributed by atoms with Gasteiger partial charge in [0, 0.05) is 57.5 Å². The molecule has 8 heteroatoms. The minimum absolute atomic E-state index is 0.0490. The number of nitrogens with zero attached hydrogens (tertiary/aromatic N) is 4. The van der Waals surface area contributed by atoms with E-state index in [1.165, 1.54) is 11.3 Å². The van der Waals surface area contributed by atoms with Gasteiger partial charge in [-0.2, -0.15) is 0 Å². The maximum atomic E-state index is 12.3. The first-order valence-corrected chi connectivity index (χ1v) is 10.2. The predicted molar refractivity (Wildman–Crippen MR) is 107 cm³/mol. The van der Waals surface area contributed by atoms with Gasteiger partial charge in [0.2, 0.25) is 0 Å². The van der Waals surface area contributed by atoms with Crippen LogP contribution in [0.5, 0.6) is 0 Å². The molecule has 3 rings (SSSR count). The lowest BCUT2D eigenvalue weighted by Gasteiger charge is -2.36. The average Bonchev–Trinajstić information content (AvgIpc) is 3.37. The third kappa shape index (κ3) is 4.88. The summed E-state index contributed by atoms with van der Waals surface area (Å²) < 4.78 is 5.21. The molecule has 1 aliphatic rings. The summed E-state index contributed by atoms with van der Waals surface area (Å²) in [5.74, 6) is 1.70. The molecule has 1 saturated heterocycles. The second kappa shape index (κ2) is 9.03. The largest absolute Gasteiger partial charge is 0.459 e. The molecule has 1 aliphatic heterocycles. The van der Waals surface area contributed by atoms with Crippen molar-refractivity contribution < 1.29 is 9.21 Å². The summed E-state index contributed by atoms with van der Waals surface area (Å²) in [5, 5.41) is 6.74. The lowest BCUT2D eigenvalue weighted by molar-refractivity contribution is 0.0658. The van der Waals surface area contributed by atoms with Crippen LogP contribution < -0.4 is 5.32 Å². The van der Waals surface area contributed by atoms with Gasteiger partial charge in [0.1, 0.15) is 0 Å². The van der Waals surface area contributed by atoms with E-state index >= 15 is 0 Å². The van der Waals surface area contributed by atoms with E-state index < -0.39 is 0 Å². The highest BCUT2D eigenvalue weighted by Crippen LogP contribution is 2.19. The minimum atomic E-state index is -0.0490. The number of piperazine rings is 1. The van der Waals surface area contributed by atoms with Crippen LogP contribution in [0, 0.1) is 0 Å². The number of amides is 1. The summed E-state index contributed by atoms with van der Waals surface area (Å²) >= 11 is 1.73. The zero-order valence-corrected chi connectivity index (χ0v) is 17.0. The Hall–Kier alpha value is -2.35. The van der Waals surface area contributed by atoms with Gasteiger partial charge in [0.15, 0.2) is 11.7 Å². The fourth-order valence-corrected chi connectivity index (χ4v) is 3.88. The molecule has 0 bridgehead atoms. The third-order valence-corrected chi connectivity index (χ3v) is 5.73. The number of rotatable bonds is 5. The molecular weight excluding hydrogens is 362 g/mol. The number of guanidine groups is 1. The molecule has 1 N–H and O–H groups in total. The Morgan fingerprint density at radius 3 is 2.67 bits per heavy atom. The Labute approximate surface area is 164 Å². The standard InChI is InChI=1S/C19H27N5O2S/c1-14(2)17-22-15(13-27-17)6-7-21-19(20-3)24-10-8-23(9-11-24)18(25)16-5-4-12-26-16/h4-5,12-14H,6-11H2,1-3H3,(H,20,21). The van der Waals surface area contributed by atoms with Gasteiger partial charge in [-0.05, 0) is 12.1 Å². The van der Waals surface area contributed by atoms with Gasteiger partial charge in [0.25, 0.3) is 5.91 Å². The van der Waals surface area contributed by atoms with Crippen molar-refractivity contribution in [2.45, 2.75) is 26.2 Å². The van der Waals surface area contributed by atoms with Crippen LogP contribution in [0.25, 0.3) is 0 Å². The molecular formula is C19H27N5O2S. The molecule has 3 heterocycles. The van der Waals surface area contributed by atoms with Crippen molar-refractivity contribution in [3.63, 3.8) is 0 Å². The Kier molecular flexibility index (Phi) is 6.49. The van der Waals surface area contributed by atoms with Crippen molar-refractivity contribution in [1.29, 1.82) is 0 Å². The molecule has 27 heavy (non-hydrogen) atoms. The van der Waals surface area contributed by atoms with Gasteiger partial charge in [-0.3, -0.25) is 9.79 Å². The molecule has 0 unspecified atom stereocenters. The first-order chi connectivity index (χ1) is 13.1. The highest BCUT2D eigenvalue weighted by molar-refractivity contribution is 7.09. The molecule has 1 amide bonds. The molecule has 0 aliphatic carbocycles. The Balaban J connectivity index is 1.45. The highest BCUT2D eigenvalue weighted by Gasteiger charge is 2.25. The molecule has 0 atom stereocenters. The van der Waals surface area contributed by atoms with E-state index in [1.807, 2.05) is 4.90 Å². The van der Waals surface area contributed by atoms with Crippen molar-refractivity contribution >= 4 is 23.2 Å². The monoisotopic (exact) mass is 389 g/mol. The van der Waals surface area contributed by atoms with E-state index in [2.05, 4.69) is 39.4 Å². The number of aliphatic imine (C=N–C) groups is 1. The van der Waals surface area contributed by atoms with Crippen LogP contribution in [0.2, 0.25) is 0 Å². The SMILES string of the molecule is CN=C(NCCc1csc(C(C)C)n1)N1CCN(C(=O)c2ccco2)CC1. The van der Waals surface area contributed by atoms with Crippen LogP contribution in [0.1, 0.15) is 41.0 Å². The number of nitrogens with one attached hydrogen (secondary N) is 1. The van der Waals surface area contributed by atoms with Crippen LogP contribution in [0.4, 0.5) is 0 Å². The fraction of sp³-hybridized carbons (Fsp3) is 0.526. The Morgan fingerprint density at radius 2 is 2.07 bits per heavy atom. The molecule has 7 nitrogen and oxygen atoms in total. The second-order valence-electron chi connectivity index (χ2n) is 6.81. The molecule has 2 aromatic heterocycles. The number of aromatic nitrogens is 1. The maximum absolute atomic E-state index is 12.3. The molecule has 2 aromatic rings. The number of hydrogen-bond acceptors (Lipinski definition) is 5. The van der Waals surface area contributed by atoms with Crippen LogP contribution in [0.15, 0.2) is 33.2 Å². The summed E-state index contributed by atoms with van der Waals surface area (Å²) in [6.45, 7) is 7.94. The van der Waals surface area contributed by atoms with Crippen LogP contribution >= 0.6 is 11.3 Å². The van der Waals surface area contributed by atoms with E-state index in [0.717, 1.165) is 37.7 Å². The van der Waals surface area contributed by atoms with Gasteiger partial charge in [-0.1, -0.05) is 13.8 Å². The number of thiazole rings is 1. The first kappa shape index (κ1) is 19.4. The van der Waals surface area contributed by atoms with Crippen LogP contribution in [-0.4, -0.2) is 66.4 Å². The van der Waals surface area contributed by atoms with Crippen molar-refractivity contribution in [3.05, 3.63) is 40.2 Å². The number of hydrogen-bond donors (Lipinski definition) is 1. The van der Waals surface area contributed by atoms with Gasteiger partial charge >= 0.3 is 0 Å². The summed E-state index contributed by atoms with van der Waals surface area (Å²) in [6, 6.07) is 3.44. The molecule has 0 aromatic carbocycles. The van der Waals surface area contributed by atoms with Gasteiger partial charge in [0.05, 0.1) is 17.0 Å². The zero-order chi connectivity index (χ0) is 19.2. The lowest BCUT2D eigenvalue weighted by atomic mass is 10.2. The van der Waals surface area contributed by atoms with Gasteiger partial charge in [-0.15, -0.1) is 11.3 Å². The lowest BCUT2D eigenvalue weighted by Crippen LogP contribution is -2.54. The minimum Gasteiger partial charge on any atom is -0.459 e. The molecule has 146 valence electrons. The number of furan rings is 1. The van der Waals surface area contributed by atoms with E-state index in [4.69, 9.17) is 4.42 Å². The average molecular weight is 390 g/mol. The Bertz CT molecular complexity index is 761. The van der Waals surface area contributed by atoms with Crippen LogP contribution in [0.3, 0.4) is 0 Å². The fourth-order valence-electron chi connectivity index (χ4n) is 3.01.